The van der Waals surface area contributed by atoms with Crippen LogP contribution >= 0.6 is 15.9 Å². The van der Waals surface area contributed by atoms with Gasteiger partial charge in [0, 0.05) is 16.9 Å². The van der Waals surface area contributed by atoms with Crippen LogP contribution in [-0.4, -0.2) is 12.7 Å². The first-order valence-corrected chi connectivity index (χ1v) is 7.19. The Morgan fingerprint density at radius 2 is 2.00 bits per heavy atom. The lowest BCUT2D eigenvalue weighted by Gasteiger charge is -2.21. The molecule has 5 heteroatoms. The second kappa shape index (κ2) is 7.29. The summed E-state index contributed by atoms with van der Waals surface area (Å²) in [6.07, 6.45) is -4.14. The van der Waals surface area contributed by atoms with Crippen LogP contribution < -0.4 is 5.32 Å². The van der Waals surface area contributed by atoms with Gasteiger partial charge in [-0.1, -0.05) is 28.9 Å². The van der Waals surface area contributed by atoms with E-state index in [2.05, 4.69) is 21.2 Å². The second-order valence-electron chi connectivity index (χ2n) is 4.62. The van der Waals surface area contributed by atoms with Crippen LogP contribution in [0.4, 0.5) is 13.2 Å². The van der Waals surface area contributed by atoms with Crippen LogP contribution in [0.25, 0.3) is 0 Å². The molecule has 0 saturated carbocycles. The van der Waals surface area contributed by atoms with Gasteiger partial charge in [0.1, 0.15) is 0 Å². The minimum absolute atomic E-state index is 0.0135. The van der Waals surface area contributed by atoms with Crippen molar-refractivity contribution < 1.29 is 13.2 Å². The molecule has 1 aromatic rings. The molecule has 1 atom stereocenters. The second-order valence-corrected chi connectivity index (χ2v) is 5.53. The van der Waals surface area contributed by atoms with Gasteiger partial charge in [-0.25, -0.2) is 0 Å². The smallest absolute Gasteiger partial charge is 0.310 e. The van der Waals surface area contributed by atoms with Crippen LogP contribution in [0.2, 0.25) is 0 Å². The van der Waals surface area contributed by atoms with Crippen LogP contribution in [0.1, 0.15) is 43.4 Å². The van der Waals surface area contributed by atoms with E-state index in [4.69, 9.17) is 0 Å². The quantitative estimate of drug-likeness (QED) is 0.757. The molecule has 0 radical (unpaired) electrons. The molecule has 1 unspecified atom stereocenters. The molecular weight excluding hydrogens is 319 g/mol. The number of benzene rings is 1. The number of alkyl halides is 3. The molecule has 108 valence electrons. The van der Waals surface area contributed by atoms with Crippen molar-refractivity contribution in [2.24, 2.45) is 0 Å². The van der Waals surface area contributed by atoms with Gasteiger partial charge >= 0.3 is 6.18 Å². The maximum atomic E-state index is 12.2. The van der Waals surface area contributed by atoms with Crippen molar-refractivity contribution in [3.05, 3.63) is 33.8 Å². The molecule has 19 heavy (non-hydrogen) atoms. The van der Waals surface area contributed by atoms with E-state index < -0.39 is 12.6 Å². The van der Waals surface area contributed by atoms with Gasteiger partial charge in [-0.2, -0.15) is 13.2 Å². The van der Waals surface area contributed by atoms with Crippen molar-refractivity contribution in [3.63, 3.8) is 0 Å². The van der Waals surface area contributed by atoms with Crippen LogP contribution in [-0.2, 0) is 0 Å². The van der Waals surface area contributed by atoms with Gasteiger partial charge in [0.2, 0.25) is 0 Å². The van der Waals surface area contributed by atoms with E-state index in [1.807, 2.05) is 32.0 Å². The summed E-state index contributed by atoms with van der Waals surface area (Å²) >= 11 is 3.39. The van der Waals surface area contributed by atoms with Gasteiger partial charge in [-0.05, 0) is 49.6 Å². The lowest BCUT2D eigenvalue weighted by Crippen LogP contribution is -2.22. The minimum atomic E-state index is -4.06. The summed E-state index contributed by atoms with van der Waals surface area (Å²) in [5.41, 5.74) is 2.17. The topological polar surface area (TPSA) is 12.0 Å². The molecule has 1 N–H and O–H groups in total. The number of aryl methyl sites for hydroxylation is 1. The molecule has 0 aliphatic rings. The molecule has 0 bridgehead atoms. The Labute approximate surface area is 120 Å². The van der Waals surface area contributed by atoms with Crippen molar-refractivity contribution in [3.8, 4) is 0 Å². The number of hydrogen-bond acceptors (Lipinski definition) is 1. The Morgan fingerprint density at radius 3 is 2.53 bits per heavy atom. The van der Waals surface area contributed by atoms with E-state index in [0.717, 1.165) is 22.1 Å². The molecule has 0 spiro atoms. The Balaban J connectivity index is 2.71. The minimum Gasteiger partial charge on any atom is -0.310 e. The van der Waals surface area contributed by atoms with Gasteiger partial charge < -0.3 is 5.32 Å². The number of nitrogens with one attached hydrogen (secondary N) is 1. The fourth-order valence-electron chi connectivity index (χ4n) is 2.15. The van der Waals surface area contributed by atoms with E-state index in [-0.39, 0.29) is 12.5 Å². The highest BCUT2D eigenvalue weighted by molar-refractivity contribution is 9.10. The maximum Gasteiger partial charge on any atom is 0.389 e. The molecule has 0 aliphatic carbocycles. The van der Waals surface area contributed by atoms with Crippen molar-refractivity contribution in [2.75, 3.05) is 6.54 Å². The summed E-state index contributed by atoms with van der Waals surface area (Å²) in [6.45, 7) is 4.69. The van der Waals surface area contributed by atoms with E-state index in [1.165, 1.54) is 0 Å². The zero-order valence-corrected chi connectivity index (χ0v) is 12.7. The zero-order chi connectivity index (χ0) is 14.5. The number of rotatable bonds is 6. The molecule has 0 amide bonds. The van der Waals surface area contributed by atoms with Crippen LogP contribution in [0, 0.1) is 6.92 Å². The average molecular weight is 338 g/mol. The third-order valence-corrected chi connectivity index (χ3v) is 3.50. The van der Waals surface area contributed by atoms with E-state index in [1.54, 1.807) is 0 Å². The molecule has 0 aromatic heterocycles. The van der Waals surface area contributed by atoms with Crippen LogP contribution in [0.15, 0.2) is 22.7 Å². The summed E-state index contributed by atoms with van der Waals surface area (Å²) in [5.74, 6) is 0. The fraction of sp³-hybridized carbons (Fsp3) is 0.571. The van der Waals surface area contributed by atoms with Crippen LogP contribution in [0.3, 0.4) is 0 Å². The average Bonchev–Trinajstić information content (AvgIpc) is 2.26. The number of halogens is 4. The van der Waals surface area contributed by atoms with Crippen molar-refractivity contribution >= 4 is 15.9 Å². The molecule has 1 aromatic carbocycles. The normalized spacial score (nSPS) is 13.6. The highest BCUT2D eigenvalue weighted by Gasteiger charge is 2.27. The molecule has 0 heterocycles. The monoisotopic (exact) mass is 337 g/mol. The largest absolute Gasteiger partial charge is 0.389 e. The Bertz CT molecular complexity index is 404. The molecule has 1 rings (SSSR count). The van der Waals surface area contributed by atoms with Crippen molar-refractivity contribution in [1.29, 1.82) is 0 Å². The Morgan fingerprint density at radius 1 is 1.32 bits per heavy atom. The van der Waals surface area contributed by atoms with Gasteiger partial charge in [-0.15, -0.1) is 0 Å². The number of hydrogen-bond donors (Lipinski definition) is 1. The van der Waals surface area contributed by atoms with Crippen molar-refractivity contribution in [2.45, 2.75) is 45.3 Å². The van der Waals surface area contributed by atoms with Crippen LogP contribution in [0.5, 0.6) is 0 Å². The van der Waals surface area contributed by atoms with E-state index in [9.17, 15) is 13.2 Å². The molecule has 0 aliphatic heterocycles. The van der Waals surface area contributed by atoms with Gasteiger partial charge in [0.15, 0.2) is 0 Å². The molecule has 1 nitrogen and oxygen atoms in total. The Hall–Kier alpha value is -0.550. The van der Waals surface area contributed by atoms with Crippen molar-refractivity contribution in [1.82, 2.24) is 5.32 Å². The maximum absolute atomic E-state index is 12.2. The summed E-state index contributed by atoms with van der Waals surface area (Å²) < 4.78 is 37.6. The third kappa shape index (κ3) is 5.95. The summed E-state index contributed by atoms with van der Waals surface area (Å²) in [5, 5.41) is 3.26. The summed E-state index contributed by atoms with van der Waals surface area (Å²) in [4.78, 5) is 0. The van der Waals surface area contributed by atoms with Gasteiger partial charge in [0.05, 0.1) is 0 Å². The molecular formula is C14H19BrF3N. The van der Waals surface area contributed by atoms with E-state index >= 15 is 0 Å². The fourth-order valence-corrected chi connectivity index (χ4v) is 2.63. The highest BCUT2D eigenvalue weighted by atomic mass is 79.9. The lowest BCUT2D eigenvalue weighted by atomic mass is 9.97. The highest BCUT2D eigenvalue weighted by Crippen LogP contribution is 2.28. The van der Waals surface area contributed by atoms with E-state index in [0.29, 0.717) is 6.42 Å². The predicted octanol–water partition coefficient (Wildman–Crippen LogP) is 5.14. The summed E-state index contributed by atoms with van der Waals surface area (Å²) in [6, 6.07) is 5.88. The first-order chi connectivity index (χ1) is 8.83. The van der Waals surface area contributed by atoms with Gasteiger partial charge in [0.25, 0.3) is 0 Å². The standard InChI is InChI=1S/C14H19BrF3N/c1-3-19-13(5-4-8-14(16,17)18)12-7-6-11(15)9-10(12)2/h6-7,9,13,19H,3-5,8H2,1-2H3. The molecule has 0 fully saturated rings. The zero-order valence-electron chi connectivity index (χ0n) is 11.1. The Kier molecular flexibility index (Phi) is 6.33. The SMILES string of the molecule is CCNC(CCCC(F)(F)F)c1ccc(Br)cc1C. The summed E-state index contributed by atoms with van der Waals surface area (Å²) in [7, 11) is 0. The van der Waals surface area contributed by atoms with Gasteiger partial charge in [-0.3, -0.25) is 0 Å². The predicted molar refractivity (Wildman–Crippen MR) is 75.2 cm³/mol. The first-order valence-electron chi connectivity index (χ1n) is 6.39. The lowest BCUT2D eigenvalue weighted by molar-refractivity contribution is -0.135. The first kappa shape index (κ1) is 16.5. The third-order valence-electron chi connectivity index (χ3n) is 3.01. The molecule has 0 saturated heterocycles.